The molecule has 0 aliphatic heterocycles. The molecular weight excluding hydrogens is 775 g/mol. The zero-order valence-electron chi connectivity index (χ0n) is 34.5. The molecule has 4 amide bonds. The van der Waals surface area contributed by atoms with Crippen LogP contribution in [0.2, 0.25) is 0 Å². The molecule has 0 fully saturated rings. The van der Waals surface area contributed by atoms with Crippen LogP contribution in [0.4, 0.5) is 18.4 Å². The molecule has 2 aromatic heterocycles. The van der Waals surface area contributed by atoms with E-state index in [2.05, 4.69) is 35.3 Å². The molecule has 4 N–H and O–H groups in total. The fourth-order valence-corrected chi connectivity index (χ4v) is 7.28. The minimum absolute atomic E-state index is 0.0818. The number of imidazole rings is 2. The lowest BCUT2D eigenvalue weighted by Crippen LogP contribution is -2.51. The van der Waals surface area contributed by atoms with Gasteiger partial charge in [-0.25, -0.2) is 19.6 Å². The Balaban J connectivity index is 1.15. The first-order valence-corrected chi connectivity index (χ1v) is 19.9. The first kappa shape index (κ1) is 43.0. The Morgan fingerprint density at radius 2 is 1.22 bits per heavy atom. The number of nitrogens with one attached hydrogen (secondary N) is 4. The van der Waals surface area contributed by atoms with Crippen LogP contribution in [0.25, 0.3) is 44.8 Å². The highest BCUT2D eigenvalue weighted by atomic mass is 19.3. The molecule has 60 heavy (non-hydrogen) atoms. The van der Waals surface area contributed by atoms with Gasteiger partial charge in [0.05, 0.1) is 51.1 Å². The van der Waals surface area contributed by atoms with Crippen LogP contribution in [-0.2, 0) is 38.1 Å². The van der Waals surface area contributed by atoms with Gasteiger partial charge in [-0.1, -0.05) is 76.2 Å². The quantitative estimate of drug-likeness (QED) is 0.0793. The van der Waals surface area contributed by atoms with E-state index in [1.54, 1.807) is 46.5 Å². The van der Waals surface area contributed by atoms with Crippen LogP contribution in [0.15, 0.2) is 73.1 Å². The average molecular weight is 825 g/mol. The van der Waals surface area contributed by atoms with E-state index >= 15 is 8.78 Å². The van der Waals surface area contributed by atoms with Gasteiger partial charge in [0, 0.05) is 29.8 Å². The Morgan fingerprint density at radius 3 is 1.78 bits per heavy atom. The minimum Gasteiger partial charge on any atom is -0.453 e. The van der Waals surface area contributed by atoms with Crippen molar-refractivity contribution < 1.29 is 37.4 Å². The topological polar surface area (TPSA) is 175 Å². The Bertz CT molecular complexity index is 2340. The van der Waals surface area contributed by atoms with Crippen molar-refractivity contribution in [3.05, 3.63) is 95.8 Å². The smallest absolute Gasteiger partial charge is 0.407 e. The molecule has 1 aliphatic rings. The molecule has 316 valence electrons. The number of fused-ring (bicyclic) bond motifs is 3. The number of ether oxygens (including phenoxy) is 2. The number of carbonyl (C=O) groups is 4. The Labute approximate surface area is 347 Å². The van der Waals surface area contributed by atoms with Gasteiger partial charge < -0.3 is 39.9 Å². The maximum Gasteiger partial charge on any atom is 0.407 e. The van der Waals surface area contributed by atoms with Gasteiger partial charge in [0.25, 0.3) is 5.92 Å². The standard InChI is InChI=1S/C44H50F2N8O6/c1-7-17-53(39(55)23-49-42(57)59-5)24-37-47-21-35(50-37)28-11-9-27(10-12-28)29-13-15-31-32-16-14-30(20-34(32)44(45,46)33(31)19-29)36-22-48-38(51-36)25-54(18-8-2)41(56)40(26(3)4)52-43(58)60-6/h9-16,19-22,26,40H,7-8,17-18,23-25H2,1-6H3,(H,47,50)(H,48,51)(H,49,57)(H,52,58). The monoisotopic (exact) mass is 824 g/mol. The third-order valence-electron chi connectivity index (χ3n) is 10.4. The van der Waals surface area contributed by atoms with Gasteiger partial charge >= 0.3 is 12.2 Å². The van der Waals surface area contributed by atoms with Crippen molar-refractivity contribution >= 4 is 24.0 Å². The van der Waals surface area contributed by atoms with E-state index in [-0.39, 0.29) is 48.5 Å². The number of nitrogens with zero attached hydrogens (tertiary/aromatic N) is 4. The number of alkyl carbamates (subject to hydrolysis) is 2. The van der Waals surface area contributed by atoms with E-state index in [4.69, 9.17) is 4.74 Å². The second kappa shape index (κ2) is 18.6. The second-order valence-electron chi connectivity index (χ2n) is 14.9. The number of alkyl halides is 2. The number of aromatic amines is 2. The molecule has 16 heteroatoms. The maximum atomic E-state index is 16.3. The summed E-state index contributed by atoms with van der Waals surface area (Å²) in [5.41, 5.74) is 4.72. The highest BCUT2D eigenvalue weighted by Gasteiger charge is 2.44. The molecule has 0 radical (unpaired) electrons. The number of amides is 4. The zero-order chi connectivity index (χ0) is 43.1. The first-order valence-electron chi connectivity index (χ1n) is 19.9. The molecule has 0 saturated carbocycles. The van der Waals surface area contributed by atoms with Crippen LogP contribution < -0.4 is 10.6 Å². The summed E-state index contributed by atoms with van der Waals surface area (Å²) in [6.07, 6.45) is 3.26. The lowest BCUT2D eigenvalue weighted by Gasteiger charge is -2.28. The summed E-state index contributed by atoms with van der Waals surface area (Å²) in [7, 11) is 2.47. The highest BCUT2D eigenvalue weighted by molar-refractivity contribution is 5.87. The van der Waals surface area contributed by atoms with Gasteiger partial charge in [-0.05, 0) is 58.7 Å². The second-order valence-corrected chi connectivity index (χ2v) is 14.9. The highest BCUT2D eigenvalue weighted by Crippen LogP contribution is 2.52. The van der Waals surface area contributed by atoms with E-state index in [9.17, 15) is 19.2 Å². The molecule has 1 atom stereocenters. The number of rotatable bonds is 16. The van der Waals surface area contributed by atoms with Crippen LogP contribution in [0, 0.1) is 5.92 Å². The third-order valence-corrected chi connectivity index (χ3v) is 10.4. The van der Waals surface area contributed by atoms with E-state index in [0.29, 0.717) is 59.1 Å². The maximum absolute atomic E-state index is 16.3. The minimum atomic E-state index is -3.27. The number of carbonyl (C=O) groups excluding carboxylic acids is 4. The third kappa shape index (κ3) is 9.32. The fourth-order valence-electron chi connectivity index (χ4n) is 7.28. The summed E-state index contributed by atoms with van der Waals surface area (Å²) in [5.74, 6) is -2.96. The van der Waals surface area contributed by atoms with E-state index in [1.807, 2.05) is 58.0 Å². The van der Waals surface area contributed by atoms with Crippen LogP contribution in [0.5, 0.6) is 0 Å². The Kier molecular flexibility index (Phi) is 13.3. The van der Waals surface area contributed by atoms with E-state index in [0.717, 1.165) is 23.2 Å². The summed E-state index contributed by atoms with van der Waals surface area (Å²) in [4.78, 5) is 68.2. The van der Waals surface area contributed by atoms with Gasteiger partial charge in [-0.15, -0.1) is 0 Å². The van der Waals surface area contributed by atoms with Crippen LogP contribution in [0.1, 0.15) is 63.3 Å². The number of hydrogen-bond acceptors (Lipinski definition) is 8. The van der Waals surface area contributed by atoms with Gasteiger partial charge in [0.2, 0.25) is 11.8 Å². The number of halogens is 2. The number of aromatic nitrogens is 4. The molecule has 14 nitrogen and oxygen atoms in total. The van der Waals surface area contributed by atoms with E-state index < -0.39 is 24.2 Å². The molecular formula is C44H50F2N8O6. The van der Waals surface area contributed by atoms with Crippen LogP contribution in [-0.4, -0.2) is 93.6 Å². The number of benzene rings is 3. The Hall–Kier alpha value is -6.58. The van der Waals surface area contributed by atoms with Crippen molar-refractivity contribution in [2.45, 2.75) is 65.6 Å². The lowest BCUT2D eigenvalue weighted by atomic mass is 9.97. The zero-order valence-corrected chi connectivity index (χ0v) is 34.5. The van der Waals surface area contributed by atoms with Crippen molar-refractivity contribution in [3.63, 3.8) is 0 Å². The van der Waals surface area contributed by atoms with Crippen molar-refractivity contribution in [1.82, 2.24) is 40.4 Å². The largest absolute Gasteiger partial charge is 0.453 e. The fraction of sp³-hybridized carbons (Fsp3) is 0.364. The van der Waals surface area contributed by atoms with Crippen molar-refractivity contribution in [2.24, 2.45) is 5.92 Å². The summed E-state index contributed by atoms with van der Waals surface area (Å²) in [6.45, 7) is 8.63. The van der Waals surface area contributed by atoms with Crippen LogP contribution >= 0.6 is 0 Å². The SMILES string of the molecule is CCCN(Cc1ncc(-c2ccc(-c3ccc4c(c3)C(F)(F)c3cc(-c5cnc(CN(CCC)C(=O)C(NC(=O)OC)C(C)C)[nH]5)ccc3-4)cc2)[nH]1)C(=O)CNC(=O)OC. The Morgan fingerprint density at radius 1 is 0.717 bits per heavy atom. The van der Waals surface area contributed by atoms with Gasteiger partial charge in [0.15, 0.2) is 0 Å². The summed E-state index contributed by atoms with van der Waals surface area (Å²) < 4.78 is 41.9. The predicted octanol–water partition coefficient (Wildman–Crippen LogP) is 7.47. The van der Waals surface area contributed by atoms with Crippen molar-refractivity contribution in [1.29, 1.82) is 0 Å². The number of methoxy groups -OCH3 is 2. The molecule has 2 heterocycles. The first-order chi connectivity index (χ1) is 28.8. The van der Waals surface area contributed by atoms with Crippen LogP contribution in [0.3, 0.4) is 0 Å². The average Bonchev–Trinajstić information content (AvgIpc) is 3.98. The van der Waals surface area contributed by atoms with Gasteiger partial charge in [-0.2, -0.15) is 8.78 Å². The molecule has 1 unspecified atom stereocenters. The number of hydrogen-bond donors (Lipinski definition) is 4. The van der Waals surface area contributed by atoms with Crippen molar-refractivity contribution in [3.8, 4) is 44.8 Å². The lowest BCUT2D eigenvalue weighted by molar-refractivity contribution is -0.135. The van der Waals surface area contributed by atoms with Gasteiger partial charge in [-0.3, -0.25) is 9.59 Å². The predicted molar refractivity (Wildman–Crippen MR) is 221 cm³/mol. The molecule has 0 saturated heterocycles. The van der Waals surface area contributed by atoms with Crippen molar-refractivity contribution in [2.75, 3.05) is 33.9 Å². The number of H-pyrrole nitrogens is 2. The molecule has 1 aliphatic carbocycles. The molecule has 5 aromatic rings. The normalized spacial score (nSPS) is 12.9. The molecule has 6 rings (SSSR count). The van der Waals surface area contributed by atoms with Gasteiger partial charge in [0.1, 0.15) is 24.2 Å². The molecule has 3 aromatic carbocycles. The molecule has 0 spiro atoms. The molecule has 0 bridgehead atoms. The summed E-state index contributed by atoms with van der Waals surface area (Å²) in [6, 6.07) is 16.8. The summed E-state index contributed by atoms with van der Waals surface area (Å²) >= 11 is 0. The summed E-state index contributed by atoms with van der Waals surface area (Å²) in [5, 5.41) is 5.03. The van der Waals surface area contributed by atoms with E-state index in [1.165, 1.54) is 20.3 Å².